The molecule has 1 heterocycles. The van der Waals surface area contributed by atoms with Gasteiger partial charge in [-0.3, -0.25) is 4.79 Å². The zero-order valence-corrected chi connectivity index (χ0v) is 21.6. The highest BCUT2D eigenvalue weighted by Gasteiger charge is 2.13. The van der Waals surface area contributed by atoms with Gasteiger partial charge in [-0.15, -0.1) is 0 Å². The third-order valence-electron chi connectivity index (χ3n) is 6.56. The second-order valence-electron chi connectivity index (χ2n) is 8.92. The summed E-state index contributed by atoms with van der Waals surface area (Å²) in [5, 5.41) is 5.26. The summed E-state index contributed by atoms with van der Waals surface area (Å²) in [5.74, 6) is 2.83. The van der Waals surface area contributed by atoms with Crippen molar-refractivity contribution in [3.63, 3.8) is 0 Å². The van der Waals surface area contributed by atoms with Crippen molar-refractivity contribution in [2.24, 2.45) is 0 Å². The molecule has 0 aliphatic carbocycles. The van der Waals surface area contributed by atoms with Gasteiger partial charge in [0.05, 0.1) is 31.8 Å². The zero-order chi connectivity index (χ0) is 26.3. The van der Waals surface area contributed by atoms with Crippen LogP contribution in [0.15, 0.2) is 84.9 Å². The first-order chi connectivity index (χ1) is 18.7. The van der Waals surface area contributed by atoms with E-state index in [4.69, 9.17) is 19.2 Å². The first kappa shape index (κ1) is 25.1. The molecule has 0 radical (unpaired) electrons. The van der Waals surface area contributed by atoms with Gasteiger partial charge in [0.15, 0.2) is 11.5 Å². The summed E-state index contributed by atoms with van der Waals surface area (Å²) in [6.07, 6.45) is 1.49. The molecule has 0 aliphatic rings. The van der Waals surface area contributed by atoms with Crippen LogP contribution in [0.5, 0.6) is 17.2 Å². The first-order valence-corrected chi connectivity index (χ1v) is 12.7. The Morgan fingerprint density at radius 2 is 1.66 bits per heavy atom. The van der Waals surface area contributed by atoms with E-state index in [0.717, 1.165) is 46.2 Å². The third kappa shape index (κ3) is 5.42. The first-order valence-electron chi connectivity index (χ1n) is 12.7. The molecule has 1 N–H and O–H groups in total. The Morgan fingerprint density at radius 3 is 2.53 bits per heavy atom. The van der Waals surface area contributed by atoms with Crippen molar-refractivity contribution in [1.82, 2.24) is 14.9 Å². The van der Waals surface area contributed by atoms with Gasteiger partial charge in [-0.2, -0.15) is 0 Å². The van der Waals surface area contributed by atoms with E-state index in [0.29, 0.717) is 36.8 Å². The zero-order valence-electron chi connectivity index (χ0n) is 21.6. The number of carbonyl (C=O) groups excluding carboxylic acids is 1. The summed E-state index contributed by atoms with van der Waals surface area (Å²) in [5.41, 5.74) is 2.57. The van der Waals surface area contributed by atoms with E-state index in [9.17, 15) is 4.79 Å². The van der Waals surface area contributed by atoms with Crippen LogP contribution in [0.4, 0.5) is 0 Å². The molecule has 5 rings (SSSR count). The molecular formula is C31H31N3O4. The molecule has 5 aromatic rings. The van der Waals surface area contributed by atoms with Gasteiger partial charge < -0.3 is 24.1 Å². The number of aryl methyl sites for hydroxylation is 1. The minimum absolute atomic E-state index is 0.150. The number of rotatable bonds is 11. The van der Waals surface area contributed by atoms with Crippen LogP contribution >= 0.6 is 0 Å². The Morgan fingerprint density at radius 1 is 0.868 bits per heavy atom. The molecule has 0 atom stereocenters. The number of fused-ring (bicyclic) bond motifs is 2. The monoisotopic (exact) mass is 509 g/mol. The maximum absolute atomic E-state index is 12.7. The molecule has 1 aromatic heterocycles. The standard InChI is InChI=1S/C31H31N3O4/c1-36-28-17-16-23(21-29(28)37-2)31(35)32-18-8-15-30-33-25-12-5-6-13-26(25)34(30)19-20-38-27-14-7-10-22-9-3-4-11-24(22)27/h3-7,9-14,16-17,21H,8,15,18-20H2,1-2H3,(H,32,35). The van der Waals surface area contributed by atoms with Gasteiger partial charge in [-0.05, 0) is 48.2 Å². The maximum Gasteiger partial charge on any atom is 0.251 e. The lowest BCUT2D eigenvalue weighted by atomic mass is 10.1. The molecule has 7 nitrogen and oxygen atoms in total. The summed E-state index contributed by atoms with van der Waals surface area (Å²) in [6, 6.07) is 27.6. The molecule has 0 spiro atoms. The Labute approximate surface area is 222 Å². The smallest absolute Gasteiger partial charge is 0.251 e. The molecule has 0 bridgehead atoms. The van der Waals surface area contributed by atoms with E-state index in [-0.39, 0.29) is 5.91 Å². The van der Waals surface area contributed by atoms with E-state index in [2.05, 4.69) is 34.1 Å². The van der Waals surface area contributed by atoms with Gasteiger partial charge in [0.1, 0.15) is 18.2 Å². The third-order valence-corrected chi connectivity index (χ3v) is 6.56. The largest absolute Gasteiger partial charge is 0.493 e. The van der Waals surface area contributed by atoms with E-state index in [1.54, 1.807) is 32.4 Å². The predicted octanol–water partition coefficient (Wildman–Crippen LogP) is 5.65. The lowest BCUT2D eigenvalue weighted by Crippen LogP contribution is -2.25. The normalized spacial score (nSPS) is 11.0. The van der Waals surface area contributed by atoms with E-state index < -0.39 is 0 Å². The number of para-hydroxylation sites is 2. The number of carbonyl (C=O) groups is 1. The number of benzene rings is 4. The lowest BCUT2D eigenvalue weighted by molar-refractivity contribution is 0.0952. The van der Waals surface area contributed by atoms with Crippen LogP contribution < -0.4 is 19.5 Å². The fraction of sp³-hybridized carbons (Fsp3) is 0.226. The van der Waals surface area contributed by atoms with Crippen LogP contribution in [-0.2, 0) is 13.0 Å². The number of nitrogens with zero attached hydrogens (tertiary/aromatic N) is 2. The van der Waals surface area contributed by atoms with Crippen molar-refractivity contribution in [1.29, 1.82) is 0 Å². The summed E-state index contributed by atoms with van der Waals surface area (Å²) in [7, 11) is 3.12. The van der Waals surface area contributed by atoms with Gasteiger partial charge in [0.25, 0.3) is 5.91 Å². The average Bonchev–Trinajstić information content (AvgIpc) is 3.32. The van der Waals surface area contributed by atoms with Gasteiger partial charge in [0.2, 0.25) is 0 Å². The van der Waals surface area contributed by atoms with Gasteiger partial charge >= 0.3 is 0 Å². The topological polar surface area (TPSA) is 74.6 Å². The van der Waals surface area contributed by atoms with Crippen LogP contribution in [0, 0.1) is 0 Å². The van der Waals surface area contributed by atoms with E-state index in [1.165, 1.54) is 0 Å². The highest BCUT2D eigenvalue weighted by molar-refractivity contribution is 5.94. The number of hydrogen-bond acceptors (Lipinski definition) is 5. The number of ether oxygens (including phenoxy) is 3. The van der Waals surface area contributed by atoms with Crippen molar-refractivity contribution < 1.29 is 19.0 Å². The van der Waals surface area contributed by atoms with Crippen molar-refractivity contribution in [3.05, 3.63) is 96.3 Å². The number of nitrogens with one attached hydrogen (secondary N) is 1. The predicted molar refractivity (Wildman–Crippen MR) is 149 cm³/mol. The molecular weight excluding hydrogens is 478 g/mol. The minimum atomic E-state index is -0.150. The molecule has 4 aromatic carbocycles. The lowest BCUT2D eigenvalue weighted by Gasteiger charge is -2.13. The maximum atomic E-state index is 12.7. The van der Waals surface area contributed by atoms with Crippen LogP contribution in [0.3, 0.4) is 0 Å². The molecule has 1 amide bonds. The summed E-state index contributed by atoms with van der Waals surface area (Å²) < 4.78 is 19.0. The van der Waals surface area contributed by atoms with Crippen LogP contribution in [-0.4, -0.2) is 42.8 Å². The molecule has 0 aliphatic heterocycles. The number of hydrogen-bond donors (Lipinski definition) is 1. The molecule has 0 saturated carbocycles. The summed E-state index contributed by atoms with van der Waals surface area (Å²) >= 11 is 0. The van der Waals surface area contributed by atoms with Crippen LogP contribution in [0.1, 0.15) is 22.6 Å². The van der Waals surface area contributed by atoms with Crippen molar-refractivity contribution >= 4 is 27.7 Å². The number of aromatic nitrogens is 2. The Bertz CT molecular complexity index is 1550. The van der Waals surface area contributed by atoms with Crippen molar-refractivity contribution in [2.45, 2.75) is 19.4 Å². The van der Waals surface area contributed by atoms with E-state index in [1.807, 2.05) is 42.5 Å². The van der Waals surface area contributed by atoms with Gasteiger partial charge in [-0.1, -0.05) is 48.5 Å². The summed E-state index contributed by atoms with van der Waals surface area (Å²) in [4.78, 5) is 17.5. The number of amides is 1. The van der Waals surface area contributed by atoms with Crippen molar-refractivity contribution in [2.75, 3.05) is 27.4 Å². The van der Waals surface area contributed by atoms with Gasteiger partial charge in [0, 0.05) is 23.9 Å². The molecule has 0 saturated heterocycles. The second kappa shape index (κ2) is 11.7. The molecule has 7 heteroatoms. The molecule has 0 fully saturated rings. The summed E-state index contributed by atoms with van der Waals surface area (Å²) in [6.45, 7) is 1.73. The minimum Gasteiger partial charge on any atom is -0.493 e. The Kier molecular flexibility index (Phi) is 7.73. The van der Waals surface area contributed by atoms with Crippen molar-refractivity contribution in [3.8, 4) is 17.2 Å². The fourth-order valence-corrected chi connectivity index (χ4v) is 4.66. The number of methoxy groups -OCH3 is 2. The fourth-order valence-electron chi connectivity index (χ4n) is 4.66. The van der Waals surface area contributed by atoms with Crippen LogP contribution in [0.2, 0.25) is 0 Å². The number of imidazole rings is 1. The molecule has 38 heavy (non-hydrogen) atoms. The quantitative estimate of drug-likeness (QED) is 0.233. The highest BCUT2D eigenvalue weighted by Crippen LogP contribution is 2.28. The van der Waals surface area contributed by atoms with Gasteiger partial charge in [-0.25, -0.2) is 4.98 Å². The molecule has 0 unspecified atom stereocenters. The van der Waals surface area contributed by atoms with E-state index >= 15 is 0 Å². The average molecular weight is 510 g/mol. The highest BCUT2D eigenvalue weighted by atomic mass is 16.5. The second-order valence-corrected chi connectivity index (χ2v) is 8.92. The SMILES string of the molecule is COc1ccc(C(=O)NCCCc2nc3ccccc3n2CCOc2cccc3ccccc23)cc1OC. The van der Waals surface area contributed by atoms with Crippen LogP contribution in [0.25, 0.3) is 21.8 Å². The molecule has 194 valence electrons. The Balaban J connectivity index is 1.22. The Hall–Kier alpha value is -4.52.